The first-order valence-electron chi connectivity index (χ1n) is 8.58. The number of ether oxygens (including phenoxy) is 1. The van der Waals surface area contributed by atoms with E-state index in [0.29, 0.717) is 37.6 Å². The molecule has 6 nitrogen and oxygen atoms in total. The molecule has 0 aromatic heterocycles. The molecule has 0 aliphatic carbocycles. The van der Waals surface area contributed by atoms with Crippen molar-refractivity contribution in [3.63, 3.8) is 0 Å². The molecule has 2 aromatic rings. The molecule has 2 heterocycles. The monoisotopic (exact) mass is 373 g/mol. The van der Waals surface area contributed by atoms with Crippen LogP contribution in [0.25, 0.3) is 0 Å². The highest BCUT2D eigenvalue weighted by atomic mass is 19.2. The number of nitrogens with one attached hydrogen (secondary N) is 1. The minimum Gasteiger partial charge on any atom is -0.479 e. The third-order valence-electron chi connectivity index (χ3n) is 4.69. The van der Waals surface area contributed by atoms with Crippen molar-refractivity contribution < 1.29 is 23.1 Å². The Labute approximate surface area is 154 Å². The standard InChI is InChI=1S/C19H17F2N3O3/c20-13-5-4-12(10-14(13)21)19(26)24-8-6-23(7-9-24)16-3-1-2-15-18(16)27-11-17(25)22-15/h1-5,10H,6-9,11H2,(H,22,25). The van der Waals surface area contributed by atoms with E-state index in [0.717, 1.165) is 17.8 Å². The summed E-state index contributed by atoms with van der Waals surface area (Å²) in [6, 6.07) is 8.69. The topological polar surface area (TPSA) is 61.9 Å². The van der Waals surface area contributed by atoms with Crippen LogP contribution in [0.1, 0.15) is 10.4 Å². The fraction of sp³-hybridized carbons (Fsp3) is 0.263. The molecule has 2 aromatic carbocycles. The predicted octanol–water partition coefficient (Wildman–Crippen LogP) is 2.26. The maximum absolute atomic E-state index is 13.4. The van der Waals surface area contributed by atoms with Crippen molar-refractivity contribution in [2.24, 2.45) is 0 Å². The number of amides is 2. The Bertz CT molecular complexity index is 911. The van der Waals surface area contributed by atoms with Crippen LogP contribution in [0, 0.1) is 11.6 Å². The van der Waals surface area contributed by atoms with Crippen molar-refractivity contribution in [1.82, 2.24) is 4.90 Å². The number of carbonyl (C=O) groups is 2. The summed E-state index contributed by atoms with van der Waals surface area (Å²) in [6.45, 7) is 1.96. The van der Waals surface area contributed by atoms with Crippen LogP contribution in [-0.4, -0.2) is 49.5 Å². The van der Waals surface area contributed by atoms with Gasteiger partial charge in [0.05, 0.1) is 11.4 Å². The van der Waals surface area contributed by atoms with E-state index in [9.17, 15) is 18.4 Å². The van der Waals surface area contributed by atoms with Gasteiger partial charge in [0, 0.05) is 31.7 Å². The molecule has 0 spiro atoms. The van der Waals surface area contributed by atoms with Gasteiger partial charge in [-0.3, -0.25) is 9.59 Å². The average molecular weight is 373 g/mol. The first-order chi connectivity index (χ1) is 13.0. The number of carbonyl (C=O) groups excluding carboxylic acids is 2. The Morgan fingerprint density at radius 3 is 2.56 bits per heavy atom. The Balaban J connectivity index is 1.46. The Hall–Kier alpha value is -3.16. The molecule has 0 bridgehead atoms. The fourth-order valence-electron chi connectivity index (χ4n) is 3.31. The number of fused-ring (bicyclic) bond motifs is 1. The Morgan fingerprint density at radius 1 is 1.04 bits per heavy atom. The van der Waals surface area contributed by atoms with Crippen LogP contribution in [0.2, 0.25) is 0 Å². The normalized spacial score (nSPS) is 16.4. The molecule has 1 saturated heterocycles. The van der Waals surface area contributed by atoms with Crippen molar-refractivity contribution in [2.45, 2.75) is 0 Å². The second kappa shape index (κ2) is 6.86. The Morgan fingerprint density at radius 2 is 1.81 bits per heavy atom. The van der Waals surface area contributed by atoms with Crippen LogP contribution >= 0.6 is 0 Å². The van der Waals surface area contributed by atoms with Crippen LogP contribution in [0.4, 0.5) is 20.2 Å². The van der Waals surface area contributed by atoms with E-state index in [1.54, 1.807) is 11.0 Å². The molecule has 4 rings (SSSR count). The summed E-state index contributed by atoms with van der Waals surface area (Å²) in [5, 5.41) is 2.78. The maximum Gasteiger partial charge on any atom is 0.262 e. The molecule has 2 amide bonds. The molecular formula is C19H17F2N3O3. The van der Waals surface area contributed by atoms with Gasteiger partial charge in [-0.25, -0.2) is 8.78 Å². The molecule has 0 saturated carbocycles. The zero-order valence-electron chi connectivity index (χ0n) is 14.4. The van der Waals surface area contributed by atoms with Gasteiger partial charge in [-0.2, -0.15) is 0 Å². The summed E-state index contributed by atoms with van der Waals surface area (Å²) in [4.78, 5) is 27.7. The SMILES string of the molecule is O=C1COc2c(cccc2N2CCN(C(=O)c3ccc(F)c(F)c3)CC2)N1. The minimum absolute atomic E-state index is 0.0292. The molecule has 0 unspecified atom stereocenters. The number of benzene rings is 2. The van der Waals surface area contributed by atoms with Crippen LogP contribution < -0.4 is 15.0 Å². The van der Waals surface area contributed by atoms with Gasteiger partial charge in [-0.05, 0) is 30.3 Å². The number of para-hydroxylation sites is 1. The van der Waals surface area contributed by atoms with E-state index >= 15 is 0 Å². The average Bonchev–Trinajstić information content (AvgIpc) is 2.69. The van der Waals surface area contributed by atoms with E-state index in [1.807, 2.05) is 12.1 Å². The molecule has 0 radical (unpaired) electrons. The van der Waals surface area contributed by atoms with Crippen LogP contribution in [0.15, 0.2) is 36.4 Å². The van der Waals surface area contributed by atoms with Crippen molar-refractivity contribution in [3.05, 3.63) is 53.6 Å². The molecule has 27 heavy (non-hydrogen) atoms. The molecule has 2 aliphatic heterocycles. The lowest BCUT2D eigenvalue weighted by Crippen LogP contribution is -2.49. The molecular weight excluding hydrogens is 356 g/mol. The summed E-state index contributed by atoms with van der Waals surface area (Å²) in [7, 11) is 0. The third-order valence-corrected chi connectivity index (χ3v) is 4.69. The first kappa shape index (κ1) is 17.3. The lowest BCUT2D eigenvalue weighted by atomic mass is 10.1. The number of hydrogen-bond donors (Lipinski definition) is 1. The second-order valence-corrected chi connectivity index (χ2v) is 6.40. The summed E-state index contributed by atoms with van der Waals surface area (Å²) in [6.07, 6.45) is 0. The molecule has 0 atom stereocenters. The lowest BCUT2D eigenvalue weighted by molar-refractivity contribution is -0.118. The number of nitrogens with zero attached hydrogens (tertiary/aromatic N) is 2. The van der Waals surface area contributed by atoms with E-state index in [1.165, 1.54) is 6.07 Å². The second-order valence-electron chi connectivity index (χ2n) is 6.40. The Kier molecular flexibility index (Phi) is 4.39. The minimum atomic E-state index is -1.03. The molecule has 1 N–H and O–H groups in total. The number of piperazine rings is 1. The quantitative estimate of drug-likeness (QED) is 0.877. The fourth-order valence-corrected chi connectivity index (χ4v) is 3.31. The molecule has 2 aliphatic rings. The molecule has 1 fully saturated rings. The smallest absolute Gasteiger partial charge is 0.262 e. The number of hydrogen-bond acceptors (Lipinski definition) is 4. The van der Waals surface area contributed by atoms with Gasteiger partial charge < -0.3 is 19.9 Å². The van der Waals surface area contributed by atoms with Gasteiger partial charge in [0.25, 0.3) is 11.8 Å². The van der Waals surface area contributed by atoms with E-state index in [4.69, 9.17) is 4.74 Å². The number of halogens is 2. The van der Waals surface area contributed by atoms with Gasteiger partial charge >= 0.3 is 0 Å². The lowest BCUT2D eigenvalue weighted by Gasteiger charge is -2.37. The highest BCUT2D eigenvalue weighted by Gasteiger charge is 2.27. The van der Waals surface area contributed by atoms with Crippen molar-refractivity contribution >= 4 is 23.2 Å². The van der Waals surface area contributed by atoms with Crippen LogP contribution in [0.5, 0.6) is 5.75 Å². The van der Waals surface area contributed by atoms with Crippen molar-refractivity contribution in [2.75, 3.05) is 43.0 Å². The summed E-state index contributed by atoms with van der Waals surface area (Å²) < 4.78 is 32.0. The van der Waals surface area contributed by atoms with Gasteiger partial charge in [0.2, 0.25) is 0 Å². The van der Waals surface area contributed by atoms with E-state index in [-0.39, 0.29) is 24.0 Å². The van der Waals surface area contributed by atoms with E-state index in [2.05, 4.69) is 10.2 Å². The first-order valence-corrected chi connectivity index (χ1v) is 8.58. The predicted molar refractivity (Wildman–Crippen MR) is 95.0 cm³/mol. The van der Waals surface area contributed by atoms with Crippen molar-refractivity contribution in [1.29, 1.82) is 0 Å². The number of anilines is 2. The van der Waals surface area contributed by atoms with Crippen molar-refractivity contribution in [3.8, 4) is 5.75 Å². The zero-order chi connectivity index (χ0) is 19.0. The molecule has 140 valence electrons. The zero-order valence-corrected chi connectivity index (χ0v) is 14.4. The van der Waals surface area contributed by atoms with Gasteiger partial charge in [-0.1, -0.05) is 6.07 Å². The highest BCUT2D eigenvalue weighted by molar-refractivity contribution is 5.97. The summed E-state index contributed by atoms with van der Waals surface area (Å²) in [5.41, 5.74) is 1.61. The third kappa shape index (κ3) is 3.30. The van der Waals surface area contributed by atoms with Crippen LogP contribution in [-0.2, 0) is 4.79 Å². The van der Waals surface area contributed by atoms with E-state index < -0.39 is 11.6 Å². The maximum atomic E-state index is 13.4. The molecule has 8 heteroatoms. The summed E-state index contributed by atoms with van der Waals surface area (Å²) in [5.74, 6) is -1.90. The summed E-state index contributed by atoms with van der Waals surface area (Å²) >= 11 is 0. The van der Waals surface area contributed by atoms with Gasteiger partial charge in [-0.15, -0.1) is 0 Å². The van der Waals surface area contributed by atoms with Gasteiger partial charge in [0.15, 0.2) is 24.0 Å². The highest BCUT2D eigenvalue weighted by Crippen LogP contribution is 2.38. The van der Waals surface area contributed by atoms with Crippen LogP contribution in [0.3, 0.4) is 0 Å². The largest absolute Gasteiger partial charge is 0.479 e. The van der Waals surface area contributed by atoms with Gasteiger partial charge in [0.1, 0.15) is 0 Å². The number of rotatable bonds is 2.